The number of aliphatic carboxylic acids is 1. The second kappa shape index (κ2) is 5.46. The summed E-state index contributed by atoms with van der Waals surface area (Å²) in [5, 5.41) is 11.6. The first kappa shape index (κ1) is 13.6. The molecule has 7 nitrogen and oxygen atoms in total. The molecule has 1 atom stereocenters. The maximum Gasteiger partial charge on any atom is 0.323 e. The van der Waals surface area contributed by atoms with Crippen molar-refractivity contribution in [3.05, 3.63) is 0 Å². The monoisotopic (exact) mass is 269 g/mol. The van der Waals surface area contributed by atoms with Crippen molar-refractivity contribution in [3.63, 3.8) is 0 Å². The minimum atomic E-state index is -1.02. The molecule has 1 heterocycles. The van der Waals surface area contributed by atoms with Crippen molar-refractivity contribution < 1.29 is 19.5 Å². The van der Waals surface area contributed by atoms with Crippen LogP contribution >= 0.6 is 0 Å². The summed E-state index contributed by atoms with van der Waals surface area (Å²) in [7, 11) is 0. The molecule has 0 radical (unpaired) electrons. The second-order valence-electron chi connectivity index (χ2n) is 5.16. The minimum Gasteiger partial charge on any atom is -0.480 e. The van der Waals surface area contributed by atoms with Gasteiger partial charge in [-0.05, 0) is 25.7 Å². The average molecular weight is 269 g/mol. The minimum absolute atomic E-state index is 0.193. The van der Waals surface area contributed by atoms with Gasteiger partial charge in [0.05, 0.1) is 0 Å². The molecule has 0 spiro atoms. The zero-order valence-electron chi connectivity index (χ0n) is 11.0. The number of urea groups is 1. The van der Waals surface area contributed by atoms with E-state index in [2.05, 4.69) is 5.32 Å². The predicted octanol–water partition coefficient (Wildman–Crippen LogP) is -0.277. The lowest BCUT2D eigenvalue weighted by Crippen LogP contribution is -2.59. The van der Waals surface area contributed by atoms with Gasteiger partial charge in [-0.25, -0.2) is 4.79 Å². The Labute approximate surface area is 111 Å². The van der Waals surface area contributed by atoms with Gasteiger partial charge in [0.2, 0.25) is 5.91 Å². The van der Waals surface area contributed by atoms with Gasteiger partial charge in [0.15, 0.2) is 0 Å². The average Bonchev–Trinajstić information content (AvgIpc) is 3.14. The highest BCUT2D eigenvalue weighted by atomic mass is 16.4. The first-order valence-electron chi connectivity index (χ1n) is 6.54. The Hall–Kier alpha value is -1.79. The van der Waals surface area contributed by atoms with E-state index in [-0.39, 0.29) is 18.5 Å². The van der Waals surface area contributed by atoms with Crippen molar-refractivity contribution in [1.29, 1.82) is 0 Å². The fourth-order valence-corrected chi connectivity index (χ4v) is 2.21. The molecule has 1 saturated heterocycles. The summed E-state index contributed by atoms with van der Waals surface area (Å²) in [5.74, 6) is -0.804. The lowest BCUT2D eigenvalue weighted by atomic mass is 10.2. The normalized spacial score (nSPS) is 22.9. The van der Waals surface area contributed by atoms with Gasteiger partial charge in [-0.15, -0.1) is 0 Å². The third kappa shape index (κ3) is 3.36. The number of hydrogen-bond donors (Lipinski definition) is 2. The van der Waals surface area contributed by atoms with Crippen molar-refractivity contribution in [2.75, 3.05) is 26.2 Å². The molecule has 0 aromatic carbocycles. The van der Waals surface area contributed by atoms with Gasteiger partial charge >= 0.3 is 12.0 Å². The molecule has 0 aromatic rings. The first-order valence-corrected chi connectivity index (χ1v) is 6.54. The number of nitrogens with zero attached hydrogens (tertiary/aromatic N) is 2. The Kier molecular flexibility index (Phi) is 3.92. The zero-order valence-corrected chi connectivity index (χ0v) is 11.0. The van der Waals surface area contributed by atoms with Gasteiger partial charge in [-0.1, -0.05) is 0 Å². The van der Waals surface area contributed by atoms with Crippen LogP contribution in [0.5, 0.6) is 0 Å². The number of carbonyl (C=O) groups excluding carboxylic acids is 2. The quantitative estimate of drug-likeness (QED) is 0.734. The van der Waals surface area contributed by atoms with E-state index in [0.717, 1.165) is 12.8 Å². The molecule has 7 heteroatoms. The van der Waals surface area contributed by atoms with E-state index in [0.29, 0.717) is 25.6 Å². The zero-order chi connectivity index (χ0) is 14.0. The summed E-state index contributed by atoms with van der Waals surface area (Å²) in [6, 6.07) is -0.895. The van der Waals surface area contributed by atoms with Crippen molar-refractivity contribution in [2.45, 2.75) is 25.8 Å². The molecular weight excluding hydrogens is 250 g/mol. The molecule has 1 unspecified atom stereocenters. The van der Waals surface area contributed by atoms with Crippen molar-refractivity contribution in [3.8, 4) is 0 Å². The van der Waals surface area contributed by atoms with Gasteiger partial charge in [0.1, 0.15) is 12.6 Å². The van der Waals surface area contributed by atoms with Gasteiger partial charge in [0, 0.05) is 19.6 Å². The summed E-state index contributed by atoms with van der Waals surface area (Å²) >= 11 is 0. The third-order valence-corrected chi connectivity index (χ3v) is 3.52. The number of rotatable bonds is 4. The van der Waals surface area contributed by atoms with Gasteiger partial charge in [-0.2, -0.15) is 0 Å². The SMILES string of the molecule is CC1C(=O)NCCN1C(=O)N(CC(=O)O)CC1CC1. The van der Waals surface area contributed by atoms with Crippen molar-refractivity contribution in [2.24, 2.45) is 5.92 Å². The van der Waals surface area contributed by atoms with Gasteiger partial charge in [0.25, 0.3) is 0 Å². The molecule has 2 rings (SSSR count). The van der Waals surface area contributed by atoms with Crippen LogP contribution in [0.25, 0.3) is 0 Å². The van der Waals surface area contributed by atoms with Crippen molar-refractivity contribution >= 4 is 17.9 Å². The second-order valence-corrected chi connectivity index (χ2v) is 5.16. The molecule has 2 N–H and O–H groups in total. The van der Waals surface area contributed by atoms with Gasteiger partial charge in [-0.3, -0.25) is 9.59 Å². The Morgan fingerprint density at radius 2 is 2.16 bits per heavy atom. The molecule has 19 heavy (non-hydrogen) atoms. The topological polar surface area (TPSA) is 90.0 Å². The van der Waals surface area contributed by atoms with Crippen LogP contribution in [0.3, 0.4) is 0 Å². The Bertz CT molecular complexity index is 394. The highest BCUT2D eigenvalue weighted by Gasteiger charge is 2.35. The molecule has 0 aromatic heterocycles. The maximum atomic E-state index is 12.4. The lowest BCUT2D eigenvalue weighted by molar-refractivity contribution is -0.137. The number of nitrogens with one attached hydrogen (secondary N) is 1. The van der Waals surface area contributed by atoms with Crippen LogP contribution in [0.2, 0.25) is 0 Å². The molecular formula is C12H19N3O4. The largest absolute Gasteiger partial charge is 0.480 e. The summed E-state index contributed by atoms with van der Waals surface area (Å²) < 4.78 is 0. The standard InChI is InChI=1S/C12H19N3O4/c1-8-11(18)13-4-5-15(8)12(19)14(7-10(16)17)6-9-2-3-9/h8-9H,2-7H2,1H3,(H,13,18)(H,16,17). The summed E-state index contributed by atoms with van der Waals surface area (Å²) in [6.07, 6.45) is 2.08. The number of amides is 3. The number of carbonyl (C=O) groups is 3. The van der Waals surface area contributed by atoms with E-state index < -0.39 is 12.0 Å². The third-order valence-electron chi connectivity index (χ3n) is 3.52. The van der Waals surface area contributed by atoms with E-state index in [1.807, 2.05) is 0 Å². The Balaban J connectivity index is 2.03. The van der Waals surface area contributed by atoms with Crippen molar-refractivity contribution in [1.82, 2.24) is 15.1 Å². The summed E-state index contributed by atoms with van der Waals surface area (Å²) in [4.78, 5) is 37.6. The van der Waals surface area contributed by atoms with Crippen LogP contribution in [-0.2, 0) is 9.59 Å². The molecule has 1 aliphatic heterocycles. The number of piperazine rings is 1. The van der Waals surface area contributed by atoms with Crippen LogP contribution in [-0.4, -0.2) is 65.0 Å². The van der Waals surface area contributed by atoms with E-state index >= 15 is 0 Å². The number of carboxylic acids is 1. The lowest BCUT2D eigenvalue weighted by Gasteiger charge is -2.36. The summed E-state index contributed by atoms with van der Waals surface area (Å²) in [6.45, 7) is 2.66. The molecule has 2 fully saturated rings. The fraction of sp³-hybridized carbons (Fsp3) is 0.750. The van der Waals surface area contributed by atoms with Crippen LogP contribution in [0, 0.1) is 5.92 Å². The highest BCUT2D eigenvalue weighted by molar-refractivity contribution is 5.89. The Morgan fingerprint density at radius 1 is 1.47 bits per heavy atom. The van der Waals surface area contributed by atoms with Crippen LogP contribution < -0.4 is 5.32 Å². The molecule has 2 aliphatic rings. The predicted molar refractivity (Wildman–Crippen MR) is 66.5 cm³/mol. The van der Waals surface area contributed by atoms with Crippen LogP contribution in [0.15, 0.2) is 0 Å². The fourth-order valence-electron chi connectivity index (χ4n) is 2.21. The van der Waals surface area contributed by atoms with E-state index in [1.54, 1.807) is 6.92 Å². The molecule has 1 saturated carbocycles. The summed E-state index contributed by atoms with van der Waals surface area (Å²) in [5.41, 5.74) is 0. The molecule has 0 bridgehead atoms. The Morgan fingerprint density at radius 3 is 2.74 bits per heavy atom. The molecule has 106 valence electrons. The smallest absolute Gasteiger partial charge is 0.323 e. The first-order chi connectivity index (χ1) is 8.99. The molecule has 1 aliphatic carbocycles. The maximum absolute atomic E-state index is 12.4. The van der Waals surface area contributed by atoms with E-state index in [9.17, 15) is 14.4 Å². The van der Waals surface area contributed by atoms with Gasteiger partial charge < -0.3 is 20.2 Å². The van der Waals surface area contributed by atoms with Crippen LogP contribution in [0.1, 0.15) is 19.8 Å². The number of hydrogen-bond acceptors (Lipinski definition) is 3. The van der Waals surface area contributed by atoms with Crippen LogP contribution in [0.4, 0.5) is 4.79 Å². The van der Waals surface area contributed by atoms with E-state index in [4.69, 9.17) is 5.11 Å². The molecule has 3 amide bonds. The number of carboxylic acid groups (broad SMARTS) is 1. The van der Waals surface area contributed by atoms with E-state index in [1.165, 1.54) is 9.80 Å². The highest BCUT2D eigenvalue weighted by Crippen LogP contribution is 2.30.